The van der Waals surface area contributed by atoms with E-state index in [-0.39, 0.29) is 22.8 Å². The molecule has 0 aliphatic carbocycles. The molecule has 0 atom stereocenters. The predicted molar refractivity (Wildman–Crippen MR) is 103 cm³/mol. The number of rotatable bonds is 8. The van der Waals surface area contributed by atoms with Crippen molar-refractivity contribution in [2.75, 3.05) is 33.8 Å². The Morgan fingerprint density at radius 1 is 0.929 bits per heavy atom. The lowest BCUT2D eigenvalue weighted by Gasteiger charge is -2.16. The zero-order chi connectivity index (χ0) is 20.9. The van der Waals surface area contributed by atoms with Gasteiger partial charge in [-0.2, -0.15) is 0 Å². The molecule has 0 fully saturated rings. The molecule has 2 rings (SSSR count). The highest BCUT2D eigenvalue weighted by atomic mass is 32.2. The Bertz CT molecular complexity index is 974. The molecular weight excluding hydrogens is 388 g/mol. The fourth-order valence-corrected chi connectivity index (χ4v) is 3.38. The highest BCUT2D eigenvalue weighted by Gasteiger charge is 2.19. The first kappa shape index (κ1) is 21.3. The first-order valence-electron chi connectivity index (χ1n) is 8.03. The Balaban J connectivity index is 2.28. The van der Waals surface area contributed by atoms with E-state index in [0.29, 0.717) is 22.8 Å². The van der Waals surface area contributed by atoms with Crippen molar-refractivity contribution in [2.45, 2.75) is 11.3 Å². The Kier molecular flexibility index (Phi) is 6.71. The third-order valence-electron chi connectivity index (χ3n) is 3.89. The van der Waals surface area contributed by atoms with Crippen LogP contribution in [0, 0.1) is 0 Å². The summed E-state index contributed by atoms with van der Waals surface area (Å²) in [4.78, 5) is 12.2. The summed E-state index contributed by atoms with van der Waals surface area (Å²) in [6.45, 7) is 0. The monoisotopic (exact) mass is 410 g/mol. The maximum Gasteiger partial charge on any atom is 0.241 e. The second-order valence-corrected chi connectivity index (χ2v) is 7.16. The minimum absolute atomic E-state index is 0.0414. The number of carbonyl (C=O) groups excluding carboxylic acids is 1. The molecule has 2 aromatic carbocycles. The van der Waals surface area contributed by atoms with Crippen molar-refractivity contribution in [3.63, 3.8) is 0 Å². The number of hydrogen-bond donors (Lipinski definition) is 2. The van der Waals surface area contributed by atoms with E-state index in [0.717, 1.165) is 0 Å². The normalized spacial score (nSPS) is 10.9. The predicted octanol–water partition coefficient (Wildman–Crippen LogP) is 1.55. The molecule has 2 aromatic rings. The number of amides is 1. The van der Waals surface area contributed by atoms with Crippen LogP contribution in [0.2, 0.25) is 0 Å². The molecule has 3 N–H and O–H groups in total. The molecule has 1 amide bonds. The van der Waals surface area contributed by atoms with Crippen molar-refractivity contribution in [3.8, 4) is 23.0 Å². The van der Waals surface area contributed by atoms with E-state index < -0.39 is 15.9 Å². The number of benzene rings is 2. The molecule has 0 heterocycles. The first-order valence-corrected chi connectivity index (χ1v) is 9.58. The average Bonchev–Trinajstić information content (AvgIpc) is 2.66. The minimum Gasteiger partial charge on any atom is -0.495 e. The van der Waals surface area contributed by atoms with Crippen molar-refractivity contribution in [3.05, 3.63) is 35.9 Å². The molecule has 0 aromatic heterocycles. The van der Waals surface area contributed by atoms with E-state index in [9.17, 15) is 13.2 Å². The summed E-state index contributed by atoms with van der Waals surface area (Å²) in [5, 5.41) is 7.82. The summed E-state index contributed by atoms with van der Waals surface area (Å²) in [6, 6.07) is 7.50. The molecule has 0 spiro atoms. The molecule has 0 radical (unpaired) electrons. The molecule has 0 saturated heterocycles. The van der Waals surface area contributed by atoms with Crippen LogP contribution in [0.5, 0.6) is 23.0 Å². The lowest BCUT2D eigenvalue weighted by Crippen LogP contribution is -2.17. The summed E-state index contributed by atoms with van der Waals surface area (Å²) in [5.74, 6) is 0.905. The molecule has 0 saturated carbocycles. The van der Waals surface area contributed by atoms with Crippen LogP contribution in [0.3, 0.4) is 0 Å². The van der Waals surface area contributed by atoms with Crippen LogP contribution < -0.4 is 29.4 Å². The molecule has 0 bridgehead atoms. The van der Waals surface area contributed by atoms with Gasteiger partial charge in [-0.1, -0.05) is 6.07 Å². The number of ether oxygens (including phenoxy) is 4. The highest BCUT2D eigenvalue weighted by molar-refractivity contribution is 7.89. The van der Waals surface area contributed by atoms with E-state index in [4.69, 9.17) is 24.1 Å². The highest BCUT2D eigenvalue weighted by Crippen LogP contribution is 2.40. The number of hydrogen-bond acceptors (Lipinski definition) is 7. The van der Waals surface area contributed by atoms with E-state index in [1.165, 1.54) is 46.6 Å². The number of nitrogens with one attached hydrogen (secondary N) is 1. The van der Waals surface area contributed by atoms with E-state index in [2.05, 4.69) is 5.32 Å². The van der Waals surface area contributed by atoms with Crippen molar-refractivity contribution >= 4 is 21.6 Å². The van der Waals surface area contributed by atoms with Gasteiger partial charge in [-0.05, 0) is 24.3 Å². The van der Waals surface area contributed by atoms with E-state index in [1.807, 2.05) is 0 Å². The van der Waals surface area contributed by atoms with Gasteiger partial charge in [0, 0.05) is 11.3 Å². The van der Waals surface area contributed by atoms with Gasteiger partial charge < -0.3 is 24.3 Å². The van der Waals surface area contributed by atoms with Gasteiger partial charge in [-0.15, -0.1) is 0 Å². The summed E-state index contributed by atoms with van der Waals surface area (Å²) < 4.78 is 44.3. The smallest absolute Gasteiger partial charge is 0.241 e. The summed E-state index contributed by atoms with van der Waals surface area (Å²) in [5.41, 5.74) is 0.826. The lowest BCUT2D eigenvalue weighted by molar-refractivity contribution is -0.115. The molecule has 10 heteroatoms. The van der Waals surface area contributed by atoms with Crippen LogP contribution in [0.25, 0.3) is 0 Å². The minimum atomic E-state index is -4.02. The maximum absolute atomic E-state index is 12.5. The second-order valence-electron chi connectivity index (χ2n) is 5.63. The van der Waals surface area contributed by atoms with Crippen molar-refractivity contribution in [1.29, 1.82) is 0 Å². The fourth-order valence-electron chi connectivity index (χ4n) is 2.66. The number of carbonyl (C=O) groups is 1. The summed E-state index contributed by atoms with van der Waals surface area (Å²) >= 11 is 0. The number of sulfonamides is 1. The van der Waals surface area contributed by atoms with E-state index in [1.54, 1.807) is 12.1 Å². The number of nitrogens with two attached hydrogens (primary N) is 1. The maximum atomic E-state index is 12.5. The Labute approximate surface area is 163 Å². The van der Waals surface area contributed by atoms with Crippen molar-refractivity contribution in [2.24, 2.45) is 5.14 Å². The van der Waals surface area contributed by atoms with Gasteiger partial charge in [0.1, 0.15) is 10.6 Å². The average molecular weight is 410 g/mol. The van der Waals surface area contributed by atoms with Gasteiger partial charge >= 0.3 is 0 Å². The zero-order valence-corrected chi connectivity index (χ0v) is 16.8. The Morgan fingerprint density at radius 3 is 2.07 bits per heavy atom. The number of methoxy groups -OCH3 is 4. The van der Waals surface area contributed by atoms with Crippen LogP contribution in [0.4, 0.5) is 5.69 Å². The van der Waals surface area contributed by atoms with Crippen LogP contribution in [0.15, 0.2) is 35.2 Å². The largest absolute Gasteiger partial charge is 0.495 e. The van der Waals surface area contributed by atoms with Gasteiger partial charge in [-0.3, -0.25) is 4.79 Å². The van der Waals surface area contributed by atoms with Crippen LogP contribution in [-0.4, -0.2) is 42.8 Å². The molecule has 9 nitrogen and oxygen atoms in total. The Hall–Kier alpha value is -2.98. The zero-order valence-electron chi connectivity index (χ0n) is 15.9. The van der Waals surface area contributed by atoms with Crippen molar-refractivity contribution in [1.82, 2.24) is 0 Å². The molecular formula is C18H22N2O7S. The molecule has 28 heavy (non-hydrogen) atoms. The van der Waals surface area contributed by atoms with Crippen LogP contribution in [-0.2, 0) is 21.2 Å². The van der Waals surface area contributed by atoms with Crippen LogP contribution in [0.1, 0.15) is 5.56 Å². The number of anilines is 1. The SMILES string of the molecule is COc1ccc(NC(=O)Cc2ccc(OC)c(OC)c2OC)cc1S(N)(=O)=O. The lowest BCUT2D eigenvalue weighted by atomic mass is 10.1. The Morgan fingerprint density at radius 2 is 1.54 bits per heavy atom. The van der Waals surface area contributed by atoms with Gasteiger partial charge in [0.25, 0.3) is 0 Å². The third-order valence-corrected chi connectivity index (χ3v) is 4.82. The van der Waals surface area contributed by atoms with Gasteiger partial charge in [0.2, 0.25) is 21.7 Å². The van der Waals surface area contributed by atoms with Gasteiger partial charge in [0.05, 0.1) is 34.9 Å². The molecule has 0 aliphatic heterocycles. The third kappa shape index (κ3) is 4.65. The quantitative estimate of drug-likeness (QED) is 0.676. The topological polar surface area (TPSA) is 126 Å². The van der Waals surface area contributed by atoms with Gasteiger partial charge in [-0.25, -0.2) is 13.6 Å². The van der Waals surface area contributed by atoms with Crippen LogP contribution >= 0.6 is 0 Å². The summed E-state index contributed by atoms with van der Waals surface area (Å²) in [7, 11) is 1.73. The molecule has 0 unspecified atom stereocenters. The first-order chi connectivity index (χ1) is 13.2. The number of primary sulfonamides is 1. The standard InChI is InChI=1S/C18H22N2O7S/c1-24-13-8-6-12(10-15(13)28(19,22)23)20-16(21)9-11-5-7-14(25-2)18(27-4)17(11)26-3/h5-8,10H,9H2,1-4H3,(H,20,21)(H2,19,22,23). The molecule has 0 aliphatic rings. The van der Waals surface area contributed by atoms with Gasteiger partial charge in [0.15, 0.2) is 11.5 Å². The second kappa shape index (κ2) is 8.81. The summed E-state index contributed by atoms with van der Waals surface area (Å²) in [6.07, 6.45) is -0.0414. The molecule has 152 valence electrons. The van der Waals surface area contributed by atoms with Crippen molar-refractivity contribution < 1.29 is 32.2 Å². The van der Waals surface area contributed by atoms with E-state index >= 15 is 0 Å². The fraction of sp³-hybridized carbons (Fsp3) is 0.278.